The van der Waals surface area contributed by atoms with Crippen LogP contribution in [0.1, 0.15) is 25.3 Å². The minimum atomic E-state index is -0.138. The predicted molar refractivity (Wildman–Crippen MR) is 116 cm³/mol. The number of anilines is 2. The van der Waals surface area contributed by atoms with Crippen LogP contribution >= 0.6 is 0 Å². The molecule has 0 aliphatic carbocycles. The van der Waals surface area contributed by atoms with Crippen LogP contribution in [-0.2, 0) is 16.1 Å². The van der Waals surface area contributed by atoms with Gasteiger partial charge in [0.25, 0.3) is 0 Å². The average molecular weight is 393 g/mol. The van der Waals surface area contributed by atoms with Gasteiger partial charge in [-0.15, -0.1) is 0 Å². The highest BCUT2D eigenvalue weighted by Crippen LogP contribution is 2.21. The summed E-state index contributed by atoms with van der Waals surface area (Å²) in [6.45, 7) is 4.06. The van der Waals surface area contributed by atoms with E-state index >= 15 is 0 Å². The number of carbonyl (C=O) groups is 2. The van der Waals surface area contributed by atoms with E-state index in [4.69, 9.17) is 0 Å². The van der Waals surface area contributed by atoms with Crippen molar-refractivity contribution in [2.24, 2.45) is 4.99 Å². The summed E-state index contributed by atoms with van der Waals surface area (Å²) in [5.41, 5.74) is 2.73. The molecule has 0 spiro atoms. The van der Waals surface area contributed by atoms with Crippen molar-refractivity contribution in [2.45, 2.75) is 26.3 Å². The van der Waals surface area contributed by atoms with Crippen molar-refractivity contribution in [3.63, 3.8) is 0 Å². The first-order chi connectivity index (χ1) is 14.2. The average Bonchev–Trinajstić information content (AvgIpc) is 3.17. The molecule has 152 valence electrons. The van der Waals surface area contributed by atoms with E-state index in [9.17, 15) is 9.59 Å². The van der Waals surface area contributed by atoms with E-state index in [-0.39, 0.29) is 18.4 Å². The second kappa shape index (κ2) is 10.3. The summed E-state index contributed by atoms with van der Waals surface area (Å²) in [7, 11) is 0. The van der Waals surface area contributed by atoms with E-state index in [1.807, 2.05) is 66.4 Å². The van der Waals surface area contributed by atoms with Crippen molar-refractivity contribution in [1.29, 1.82) is 0 Å². The molecular formula is C22H27N5O2. The molecule has 0 unspecified atom stereocenters. The Bertz CT molecular complexity index is 849. The van der Waals surface area contributed by atoms with Gasteiger partial charge in [0.1, 0.15) is 0 Å². The van der Waals surface area contributed by atoms with Gasteiger partial charge in [0, 0.05) is 30.9 Å². The first kappa shape index (κ1) is 20.4. The maximum atomic E-state index is 12.1. The number of hydrogen-bond acceptors (Lipinski definition) is 3. The van der Waals surface area contributed by atoms with Crippen molar-refractivity contribution in [3.05, 3.63) is 60.2 Å². The fourth-order valence-electron chi connectivity index (χ4n) is 3.11. The Morgan fingerprint density at radius 2 is 1.83 bits per heavy atom. The summed E-state index contributed by atoms with van der Waals surface area (Å²) in [5, 5.41) is 9.02. The second-order valence-electron chi connectivity index (χ2n) is 6.78. The van der Waals surface area contributed by atoms with Crippen LogP contribution in [0.2, 0.25) is 0 Å². The third-order valence-corrected chi connectivity index (χ3v) is 4.56. The molecular weight excluding hydrogens is 366 g/mol. The molecule has 2 aromatic rings. The number of carbonyl (C=O) groups excluding carboxylic acids is 2. The van der Waals surface area contributed by atoms with Crippen LogP contribution in [0.3, 0.4) is 0 Å². The lowest BCUT2D eigenvalue weighted by Gasteiger charge is -2.16. The molecule has 3 N–H and O–H groups in total. The third-order valence-electron chi connectivity index (χ3n) is 4.56. The Hall–Kier alpha value is -3.35. The molecule has 2 aromatic carbocycles. The zero-order valence-corrected chi connectivity index (χ0v) is 16.6. The predicted octanol–water partition coefficient (Wildman–Crippen LogP) is 2.51. The van der Waals surface area contributed by atoms with Gasteiger partial charge in [0.2, 0.25) is 11.8 Å². The third kappa shape index (κ3) is 6.07. The fourth-order valence-corrected chi connectivity index (χ4v) is 3.11. The number of hydrogen-bond donors (Lipinski definition) is 3. The number of aliphatic imine (C=N–C) groups is 1. The zero-order valence-electron chi connectivity index (χ0n) is 16.6. The molecule has 0 radical (unpaired) electrons. The Kier molecular flexibility index (Phi) is 7.22. The van der Waals surface area contributed by atoms with Gasteiger partial charge in [-0.1, -0.05) is 30.3 Å². The summed E-state index contributed by atoms with van der Waals surface area (Å²) < 4.78 is 0. The van der Waals surface area contributed by atoms with Crippen LogP contribution in [0.4, 0.5) is 11.4 Å². The SMILES string of the molecule is CCNC(=NCc1ccc(N2CCCC2=O)cc1)NCC(=O)Nc1ccccc1. The van der Waals surface area contributed by atoms with E-state index in [1.165, 1.54) is 0 Å². The summed E-state index contributed by atoms with van der Waals surface area (Å²) in [4.78, 5) is 30.3. The molecule has 0 bridgehead atoms. The van der Waals surface area contributed by atoms with E-state index in [1.54, 1.807) is 0 Å². The van der Waals surface area contributed by atoms with Gasteiger partial charge < -0.3 is 20.9 Å². The van der Waals surface area contributed by atoms with Crippen LogP contribution in [0.25, 0.3) is 0 Å². The minimum absolute atomic E-state index is 0.122. The van der Waals surface area contributed by atoms with Crippen LogP contribution in [0, 0.1) is 0 Å². The molecule has 7 nitrogen and oxygen atoms in total. The number of nitrogens with zero attached hydrogens (tertiary/aromatic N) is 2. The maximum absolute atomic E-state index is 12.1. The van der Waals surface area contributed by atoms with Crippen LogP contribution in [-0.4, -0.2) is 37.4 Å². The highest BCUT2D eigenvalue weighted by Gasteiger charge is 2.21. The van der Waals surface area contributed by atoms with Crippen molar-refractivity contribution < 1.29 is 9.59 Å². The number of nitrogens with one attached hydrogen (secondary N) is 3. The first-order valence-electron chi connectivity index (χ1n) is 9.92. The quantitative estimate of drug-likeness (QED) is 0.498. The summed E-state index contributed by atoms with van der Waals surface area (Å²) in [5.74, 6) is 0.624. The van der Waals surface area contributed by atoms with Gasteiger partial charge in [0.15, 0.2) is 5.96 Å². The Morgan fingerprint density at radius 3 is 2.48 bits per heavy atom. The molecule has 1 aliphatic heterocycles. The molecule has 0 atom stereocenters. The van der Waals surface area contributed by atoms with Crippen molar-refractivity contribution >= 4 is 29.1 Å². The molecule has 2 amide bonds. The first-order valence-corrected chi connectivity index (χ1v) is 9.92. The van der Waals surface area contributed by atoms with Gasteiger partial charge in [-0.25, -0.2) is 4.99 Å². The molecule has 3 rings (SSSR count). The molecule has 0 saturated carbocycles. The van der Waals surface area contributed by atoms with Gasteiger partial charge in [-0.3, -0.25) is 9.59 Å². The summed E-state index contributed by atoms with van der Waals surface area (Å²) in [6, 6.07) is 17.2. The zero-order chi connectivity index (χ0) is 20.5. The number of amides is 2. The monoisotopic (exact) mass is 393 g/mol. The largest absolute Gasteiger partial charge is 0.357 e. The van der Waals surface area contributed by atoms with Gasteiger partial charge >= 0.3 is 0 Å². The van der Waals surface area contributed by atoms with Crippen LogP contribution < -0.4 is 20.9 Å². The molecule has 7 heteroatoms. The molecule has 29 heavy (non-hydrogen) atoms. The van der Waals surface area contributed by atoms with Crippen LogP contribution in [0.15, 0.2) is 59.6 Å². The lowest BCUT2D eigenvalue weighted by Crippen LogP contribution is -2.41. The van der Waals surface area contributed by atoms with Gasteiger partial charge in [0.05, 0.1) is 13.1 Å². The number of para-hydroxylation sites is 1. The van der Waals surface area contributed by atoms with Gasteiger partial charge in [-0.05, 0) is 43.2 Å². The second-order valence-corrected chi connectivity index (χ2v) is 6.78. The van der Waals surface area contributed by atoms with Crippen molar-refractivity contribution in [3.8, 4) is 0 Å². The van der Waals surface area contributed by atoms with Gasteiger partial charge in [-0.2, -0.15) is 0 Å². The highest BCUT2D eigenvalue weighted by atomic mass is 16.2. The smallest absolute Gasteiger partial charge is 0.243 e. The minimum Gasteiger partial charge on any atom is -0.357 e. The van der Waals surface area contributed by atoms with E-state index < -0.39 is 0 Å². The number of guanidine groups is 1. The molecule has 1 saturated heterocycles. The fraction of sp³-hybridized carbons (Fsp3) is 0.318. The Balaban J connectivity index is 1.53. The van der Waals surface area contributed by atoms with Crippen molar-refractivity contribution in [1.82, 2.24) is 10.6 Å². The lowest BCUT2D eigenvalue weighted by molar-refractivity contribution is -0.117. The topological polar surface area (TPSA) is 85.8 Å². The van der Waals surface area contributed by atoms with E-state index in [0.29, 0.717) is 25.5 Å². The Labute approximate surface area is 171 Å². The normalized spacial score (nSPS) is 14.0. The van der Waals surface area contributed by atoms with Crippen LogP contribution in [0.5, 0.6) is 0 Å². The Morgan fingerprint density at radius 1 is 1.07 bits per heavy atom. The lowest BCUT2D eigenvalue weighted by atomic mass is 10.2. The standard InChI is InChI=1S/C22H27N5O2/c1-2-23-22(25-16-20(28)26-18-7-4-3-5-8-18)24-15-17-10-12-19(13-11-17)27-14-6-9-21(27)29/h3-5,7-8,10-13H,2,6,9,14-16H2,1H3,(H,26,28)(H2,23,24,25). The summed E-state index contributed by atoms with van der Waals surface area (Å²) in [6.07, 6.45) is 1.54. The number of benzene rings is 2. The van der Waals surface area contributed by atoms with E-state index in [0.717, 1.165) is 29.9 Å². The summed E-state index contributed by atoms with van der Waals surface area (Å²) >= 11 is 0. The number of rotatable bonds is 7. The highest BCUT2D eigenvalue weighted by molar-refractivity contribution is 5.95. The molecule has 0 aromatic heterocycles. The molecule has 1 aliphatic rings. The maximum Gasteiger partial charge on any atom is 0.243 e. The molecule has 1 heterocycles. The molecule has 1 fully saturated rings. The van der Waals surface area contributed by atoms with Crippen molar-refractivity contribution in [2.75, 3.05) is 29.9 Å². The van der Waals surface area contributed by atoms with E-state index in [2.05, 4.69) is 20.9 Å².